The molecule has 1 N–H and O–H groups in total. The zero-order valence-corrected chi connectivity index (χ0v) is 13.4. The van der Waals surface area contributed by atoms with E-state index in [1.807, 2.05) is 43.1 Å². The van der Waals surface area contributed by atoms with Crippen LogP contribution in [0.2, 0.25) is 0 Å². The SMILES string of the molecule is c1ccc(Cn2cnc3ccc(-c4ccnc5[nH]ccc45)cc32)nc1. The first kappa shape index (κ1) is 13.9. The highest BCUT2D eigenvalue weighted by Gasteiger charge is 2.09. The van der Waals surface area contributed by atoms with Gasteiger partial charge in [0.05, 0.1) is 29.6 Å². The van der Waals surface area contributed by atoms with E-state index in [0.717, 1.165) is 33.3 Å². The summed E-state index contributed by atoms with van der Waals surface area (Å²) >= 11 is 0. The second-order valence-electron chi connectivity index (χ2n) is 6.00. The summed E-state index contributed by atoms with van der Waals surface area (Å²) in [5, 5.41) is 1.12. The van der Waals surface area contributed by atoms with Crippen LogP contribution in [0.5, 0.6) is 0 Å². The second-order valence-corrected chi connectivity index (χ2v) is 6.00. The van der Waals surface area contributed by atoms with Crippen LogP contribution >= 0.6 is 0 Å². The van der Waals surface area contributed by atoms with Crippen LogP contribution < -0.4 is 0 Å². The third kappa shape index (κ3) is 2.37. The molecule has 0 spiro atoms. The summed E-state index contributed by atoms with van der Waals surface area (Å²) < 4.78 is 2.14. The highest BCUT2D eigenvalue weighted by molar-refractivity contribution is 5.95. The maximum atomic E-state index is 4.52. The van der Waals surface area contributed by atoms with Crippen molar-refractivity contribution in [2.75, 3.05) is 0 Å². The quantitative estimate of drug-likeness (QED) is 0.545. The molecule has 4 aromatic heterocycles. The fraction of sp³-hybridized carbons (Fsp3) is 0.0500. The number of fused-ring (bicyclic) bond motifs is 2. The second kappa shape index (κ2) is 5.56. The van der Waals surface area contributed by atoms with Crippen LogP contribution in [0, 0.1) is 0 Å². The van der Waals surface area contributed by atoms with Gasteiger partial charge >= 0.3 is 0 Å². The molecule has 0 unspecified atom stereocenters. The van der Waals surface area contributed by atoms with Gasteiger partial charge in [-0.2, -0.15) is 0 Å². The molecule has 0 saturated heterocycles. The third-order valence-electron chi connectivity index (χ3n) is 4.45. The van der Waals surface area contributed by atoms with E-state index in [0.29, 0.717) is 6.54 Å². The lowest BCUT2D eigenvalue weighted by Gasteiger charge is -2.07. The molecule has 0 saturated carbocycles. The zero-order chi connectivity index (χ0) is 16.6. The van der Waals surface area contributed by atoms with E-state index in [2.05, 4.69) is 54.8 Å². The van der Waals surface area contributed by atoms with Gasteiger partial charge in [-0.15, -0.1) is 0 Å². The number of nitrogens with one attached hydrogen (secondary N) is 1. The molecule has 0 radical (unpaired) electrons. The van der Waals surface area contributed by atoms with Crippen molar-refractivity contribution in [3.05, 3.63) is 79.1 Å². The van der Waals surface area contributed by atoms with E-state index in [-0.39, 0.29) is 0 Å². The van der Waals surface area contributed by atoms with Crippen LogP contribution in [-0.4, -0.2) is 24.5 Å². The van der Waals surface area contributed by atoms with Gasteiger partial charge in [-0.1, -0.05) is 12.1 Å². The molecular weight excluding hydrogens is 310 g/mol. The average molecular weight is 325 g/mol. The van der Waals surface area contributed by atoms with Gasteiger partial charge in [-0.05, 0) is 47.5 Å². The highest BCUT2D eigenvalue weighted by atomic mass is 15.0. The van der Waals surface area contributed by atoms with Gasteiger partial charge in [0.15, 0.2) is 0 Å². The van der Waals surface area contributed by atoms with Gasteiger partial charge in [0.1, 0.15) is 5.65 Å². The summed E-state index contributed by atoms with van der Waals surface area (Å²) in [6, 6.07) is 16.4. The van der Waals surface area contributed by atoms with Gasteiger partial charge in [0.25, 0.3) is 0 Å². The fourth-order valence-electron chi connectivity index (χ4n) is 3.23. The number of benzene rings is 1. The summed E-state index contributed by atoms with van der Waals surface area (Å²) in [7, 11) is 0. The lowest BCUT2D eigenvalue weighted by Crippen LogP contribution is -1.99. The van der Waals surface area contributed by atoms with E-state index in [9.17, 15) is 0 Å². The van der Waals surface area contributed by atoms with Gasteiger partial charge in [0.2, 0.25) is 0 Å². The molecule has 120 valence electrons. The Morgan fingerprint density at radius 2 is 1.92 bits per heavy atom. The molecule has 0 aliphatic rings. The van der Waals surface area contributed by atoms with Crippen LogP contribution in [-0.2, 0) is 6.54 Å². The minimum Gasteiger partial charge on any atom is -0.346 e. The lowest BCUT2D eigenvalue weighted by atomic mass is 10.0. The summed E-state index contributed by atoms with van der Waals surface area (Å²) in [5.74, 6) is 0. The molecule has 0 atom stereocenters. The van der Waals surface area contributed by atoms with Crippen LogP contribution in [0.15, 0.2) is 73.4 Å². The molecule has 0 amide bonds. The van der Waals surface area contributed by atoms with Crippen molar-refractivity contribution < 1.29 is 0 Å². The summed E-state index contributed by atoms with van der Waals surface area (Å²) in [4.78, 5) is 16.5. The molecule has 0 aliphatic heterocycles. The molecule has 5 aromatic rings. The van der Waals surface area contributed by atoms with Gasteiger partial charge < -0.3 is 9.55 Å². The predicted octanol–water partition coefficient (Wildman–Crippen LogP) is 4.02. The number of H-pyrrole nitrogens is 1. The first-order valence-electron chi connectivity index (χ1n) is 8.16. The average Bonchev–Trinajstić information content (AvgIpc) is 3.29. The zero-order valence-electron chi connectivity index (χ0n) is 13.4. The van der Waals surface area contributed by atoms with Crippen molar-refractivity contribution in [2.45, 2.75) is 6.54 Å². The molecule has 5 rings (SSSR count). The molecule has 0 bridgehead atoms. The third-order valence-corrected chi connectivity index (χ3v) is 4.45. The number of aromatic amines is 1. The topological polar surface area (TPSA) is 59.4 Å². The van der Waals surface area contributed by atoms with Crippen LogP contribution in [0.25, 0.3) is 33.2 Å². The van der Waals surface area contributed by atoms with Crippen molar-refractivity contribution in [2.24, 2.45) is 0 Å². The minimum atomic E-state index is 0.705. The first-order chi connectivity index (χ1) is 12.4. The van der Waals surface area contributed by atoms with Crippen molar-refractivity contribution in [1.82, 2.24) is 24.5 Å². The van der Waals surface area contributed by atoms with Crippen molar-refractivity contribution in [3.8, 4) is 11.1 Å². The van der Waals surface area contributed by atoms with Crippen LogP contribution in [0.4, 0.5) is 0 Å². The number of imidazole rings is 1. The Bertz CT molecular complexity index is 1170. The minimum absolute atomic E-state index is 0.705. The van der Waals surface area contributed by atoms with Gasteiger partial charge in [0, 0.05) is 24.0 Å². The maximum absolute atomic E-state index is 4.52. The summed E-state index contributed by atoms with van der Waals surface area (Å²) in [6.45, 7) is 0.705. The van der Waals surface area contributed by atoms with Crippen LogP contribution in [0.1, 0.15) is 5.69 Å². The number of rotatable bonds is 3. The van der Waals surface area contributed by atoms with Crippen molar-refractivity contribution >= 4 is 22.1 Å². The normalized spacial score (nSPS) is 11.4. The lowest BCUT2D eigenvalue weighted by molar-refractivity contribution is 0.797. The van der Waals surface area contributed by atoms with Crippen molar-refractivity contribution in [1.29, 1.82) is 0 Å². The number of pyridine rings is 2. The number of aromatic nitrogens is 5. The Hall–Kier alpha value is -3.47. The largest absolute Gasteiger partial charge is 0.346 e. The number of nitrogens with zero attached hydrogens (tertiary/aromatic N) is 4. The Kier molecular flexibility index (Phi) is 3.10. The predicted molar refractivity (Wildman–Crippen MR) is 98.2 cm³/mol. The van der Waals surface area contributed by atoms with Gasteiger partial charge in [-0.25, -0.2) is 9.97 Å². The first-order valence-corrected chi connectivity index (χ1v) is 8.16. The van der Waals surface area contributed by atoms with E-state index in [4.69, 9.17) is 0 Å². The Morgan fingerprint density at radius 1 is 0.920 bits per heavy atom. The molecule has 25 heavy (non-hydrogen) atoms. The van der Waals surface area contributed by atoms with E-state index < -0.39 is 0 Å². The summed E-state index contributed by atoms with van der Waals surface area (Å²) in [5.41, 5.74) is 6.33. The van der Waals surface area contributed by atoms with E-state index in [1.54, 1.807) is 0 Å². The highest BCUT2D eigenvalue weighted by Crippen LogP contribution is 2.29. The number of hydrogen-bond acceptors (Lipinski definition) is 3. The smallest absolute Gasteiger partial charge is 0.137 e. The molecule has 5 heteroatoms. The Morgan fingerprint density at radius 3 is 2.84 bits per heavy atom. The maximum Gasteiger partial charge on any atom is 0.137 e. The monoisotopic (exact) mass is 325 g/mol. The van der Waals surface area contributed by atoms with E-state index in [1.165, 1.54) is 5.56 Å². The fourth-order valence-corrected chi connectivity index (χ4v) is 3.23. The van der Waals surface area contributed by atoms with Crippen LogP contribution in [0.3, 0.4) is 0 Å². The van der Waals surface area contributed by atoms with Crippen molar-refractivity contribution in [3.63, 3.8) is 0 Å². The molecule has 1 aromatic carbocycles. The van der Waals surface area contributed by atoms with E-state index >= 15 is 0 Å². The molecule has 4 heterocycles. The number of hydrogen-bond donors (Lipinski definition) is 1. The Labute approximate surface area is 144 Å². The molecule has 5 nitrogen and oxygen atoms in total. The molecule has 0 aliphatic carbocycles. The Balaban J connectivity index is 1.64. The standard InChI is InChI=1S/C20H15N5/c1-2-8-21-15(3-1)12-25-13-24-18-5-4-14(11-19(18)25)16-6-9-22-20-17(16)7-10-23-20/h1-11,13H,12H2,(H,22,23). The molecule has 0 fully saturated rings. The summed E-state index contributed by atoms with van der Waals surface area (Å²) in [6.07, 6.45) is 7.45. The molecular formula is C20H15N5. The van der Waals surface area contributed by atoms with Gasteiger partial charge in [-0.3, -0.25) is 4.98 Å².